The highest BCUT2D eigenvalue weighted by atomic mass is 32.2. The van der Waals surface area contributed by atoms with Crippen LogP contribution in [-0.2, 0) is 14.9 Å². The average molecular weight is 359 g/mol. The van der Waals surface area contributed by atoms with E-state index in [1.54, 1.807) is 45.0 Å². The van der Waals surface area contributed by atoms with Crippen LogP contribution in [0.5, 0.6) is 5.75 Å². The summed E-state index contributed by atoms with van der Waals surface area (Å²) in [6.45, 7) is 11.2. The summed E-state index contributed by atoms with van der Waals surface area (Å²) in [6.07, 6.45) is 0.526. The number of hydrogen-bond acceptors (Lipinski definition) is 4. The molecule has 6 heteroatoms. The van der Waals surface area contributed by atoms with Crippen LogP contribution in [-0.4, -0.2) is 31.1 Å². The van der Waals surface area contributed by atoms with Crippen LogP contribution < -0.4 is 4.74 Å². The Bertz CT molecular complexity index is 617. The van der Waals surface area contributed by atoms with Crippen molar-refractivity contribution in [2.75, 3.05) is 13.2 Å². The zero-order valence-corrected chi connectivity index (χ0v) is 16.3. The normalized spacial score (nSPS) is 15.8. The quantitative estimate of drug-likeness (QED) is 0.707. The fraction of sp³-hybridized carbons (Fsp3) is 0.667. The molecule has 1 rings (SSSR count). The molecule has 5 nitrogen and oxygen atoms in total. The van der Waals surface area contributed by atoms with Crippen LogP contribution in [0.3, 0.4) is 0 Å². The highest BCUT2D eigenvalue weighted by Gasteiger charge is 2.57. The smallest absolute Gasteiger partial charge is 0.299 e. The van der Waals surface area contributed by atoms with E-state index in [0.717, 1.165) is 0 Å². The first-order valence-corrected chi connectivity index (χ1v) is 9.57. The lowest BCUT2D eigenvalue weighted by molar-refractivity contribution is -0.0974. The van der Waals surface area contributed by atoms with Crippen LogP contribution in [0.25, 0.3) is 0 Å². The second-order valence-corrected chi connectivity index (χ2v) is 9.49. The Balaban J connectivity index is 3.29. The lowest BCUT2D eigenvalue weighted by atomic mass is 9.72. The fourth-order valence-electron chi connectivity index (χ4n) is 3.32. The first-order chi connectivity index (χ1) is 10.8. The largest absolute Gasteiger partial charge is 0.489 e. The van der Waals surface area contributed by atoms with Gasteiger partial charge in [0.1, 0.15) is 12.4 Å². The Kier molecular flexibility index (Phi) is 6.47. The summed E-state index contributed by atoms with van der Waals surface area (Å²) in [5.74, 6) is 0.525. The van der Waals surface area contributed by atoms with E-state index in [4.69, 9.17) is 9.47 Å². The van der Waals surface area contributed by atoms with Gasteiger partial charge in [0.15, 0.2) is 0 Å². The van der Waals surface area contributed by atoms with Crippen molar-refractivity contribution < 1.29 is 22.4 Å². The average Bonchev–Trinajstić information content (AvgIpc) is 2.40. The topological polar surface area (TPSA) is 72.8 Å². The Morgan fingerprint density at radius 2 is 1.58 bits per heavy atom. The Morgan fingerprint density at radius 1 is 1.04 bits per heavy atom. The van der Waals surface area contributed by atoms with E-state index in [9.17, 15) is 13.0 Å². The summed E-state index contributed by atoms with van der Waals surface area (Å²) in [7, 11) is -4.54. The molecule has 0 heterocycles. The van der Waals surface area contributed by atoms with Crippen molar-refractivity contribution in [1.29, 1.82) is 0 Å². The molecule has 0 aliphatic rings. The Hall–Kier alpha value is -1.11. The first-order valence-electron chi connectivity index (χ1n) is 8.13. The van der Waals surface area contributed by atoms with Gasteiger partial charge in [0.25, 0.3) is 10.1 Å². The molecule has 0 saturated carbocycles. The van der Waals surface area contributed by atoms with Crippen molar-refractivity contribution >= 4 is 10.1 Å². The van der Waals surface area contributed by atoms with Crippen LogP contribution in [0.15, 0.2) is 30.3 Å². The molecule has 1 unspecified atom stereocenters. The zero-order chi connectivity index (χ0) is 18.6. The van der Waals surface area contributed by atoms with E-state index in [0.29, 0.717) is 12.2 Å². The SMILES string of the molecule is CCOC(COc1ccccc1)(C(C)(C)CC(C)(C)C)S(=O)(=O)O. The number of hydrogen-bond donors (Lipinski definition) is 1. The van der Waals surface area contributed by atoms with Crippen LogP contribution in [0, 0.1) is 10.8 Å². The van der Waals surface area contributed by atoms with Gasteiger partial charge in [-0.05, 0) is 30.9 Å². The maximum Gasteiger partial charge on any atom is 0.299 e. The highest BCUT2D eigenvalue weighted by Crippen LogP contribution is 2.46. The predicted molar refractivity (Wildman–Crippen MR) is 95.7 cm³/mol. The zero-order valence-electron chi connectivity index (χ0n) is 15.5. The minimum absolute atomic E-state index is 0.144. The van der Waals surface area contributed by atoms with Crippen LogP contribution >= 0.6 is 0 Å². The predicted octanol–water partition coefficient (Wildman–Crippen LogP) is 4.15. The minimum atomic E-state index is -4.54. The van der Waals surface area contributed by atoms with E-state index in [1.165, 1.54) is 0 Å². The van der Waals surface area contributed by atoms with E-state index in [-0.39, 0.29) is 18.6 Å². The molecule has 0 bridgehead atoms. The van der Waals surface area contributed by atoms with Gasteiger partial charge in [-0.2, -0.15) is 8.42 Å². The first kappa shape index (κ1) is 20.9. The molecule has 0 aliphatic carbocycles. The molecule has 0 aromatic heterocycles. The van der Waals surface area contributed by atoms with Crippen LogP contribution in [0.1, 0.15) is 48.0 Å². The second-order valence-electron chi connectivity index (χ2n) is 7.88. The van der Waals surface area contributed by atoms with E-state index in [2.05, 4.69) is 0 Å². The molecule has 1 aromatic carbocycles. The third kappa shape index (κ3) is 4.94. The molecule has 0 spiro atoms. The third-order valence-electron chi connectivity index (χ3n) is 3.97. The molecule has 0 radical (unpaired) electrons. The van der Waals surface area contributed by atoms with Crippen molar-refractivity contribution in [2.45, 2.75) is 52.9 Å². The van der Waals surface area contributed by atoms with Gasteiger partial charge in [-0.15, -0.1) is 0 Å². The Morgan fingerprint density at radius 3 is 2.00 bits per heavy atom. The molecule has 1 aromatic rings. The molecule has 24 heavy (non-hydrogen) atoms. The standard InChI is InChI=1S/C18H30O5S/c1-7-23-18(24(19,20)21,17(5,6)13-16(2,3)4)14-22-15-11-9-8-10-12-15/h8-12H,7,13-14H2,1-6H3,(H,19,20,21). The number of benzene rings is 1. The van der Waals surface area contributed by atoms with Crippen molar-refractivity contribution in [3.05, 3.63) is 30.3 Å². The van der Waals surface area contributed by atoms with Crippen molar-refractivity contribution in [1.82, 2.24) is 0 Å². The van der Waals surface area contributed by atoms with Crippen LogP contribution in [0.4, 0.5) is 0 Å². The molecule has 1 atom stereocenters. The van der Waals surface area contributed by atoms with Gasteiger partial charge in [0.05, 0.1) is 0 Å². The lowest BCUT2D eigenvalue weighted by Crippen LogP contribution is -2.58. The summed E-state index contributed by atoms with van der Waals surface area (Å²) in [5.41, 5.74) is -1.02. The second kappa shape index (κ2) is 7.42. The van der Waals surface area contributed by atoms with Gasteiger partial charge in [0, 0.05) is 12.0 Å². The maximum absolute atomic E-state index is 12.3. The summed E-state index contributed by atoms with van der Waals surface area (Å²) in [5, 5.41) is 0. The van der Waals surface area contributed by atoms with Gasteiger partial charge in [-0.1, -0.05) is 52.8 Å². The molecule has 0 aliphatic heterocycles. The van der Waals surface area contributed by atoms with Gasteiger partial charge >= 0.3 is 0 Å². The molecular formula is C18H30O5S. The number of rotatable bonds is 8. The fourth-order valence-corrected chi connectivity index (χ4v) is 4.56. The maximum atomic E-state index is 12.3. The van der Waals surface area contributed by atoms with E-state index < -0.39 is 20.5 Å². The molecular weight excluding hydrogens is 328 g/mol. The molecule has 0 saturated heterocycles. The van der Waals surface area contributed by atoms with E-state index in [1.807, 2.05) is 26.8 Å². The van der Waals surface area contributed by atoms with Crippen molar-refractivity contribution in [3.63, 3.8) is 0 Å². The molecule has 138 valence electrons. The molecule has 0 fully saturated rings. The number of para-hydroxylation sites is 1. The lowest BCUT2D eigenvalue weighted by Gasteiger charge is -2.45. The van der Waals surface area contributed by atoms with Gasteiger partial charge < -0.3 is 9.47 Å². The van der Waals surface area contributed by atoms with Crippen molar-refractivity contribution in [3.8, 4) is 5.75 Å². The third-order valence-corrected chi connectivity index (χ3v) is 5.59. The van der Waals surface area contributed by atoms with Gasteiger partial charge in [0.2, 0.25) is 4.93 Å². The van der Waals surface area contributed by atoms with Gasteiger partial charge in [-0.3, -0.25) is 4.55 Å². The Labute approximate surface area is 146 Å². The number of ether oxygens (including phenoxy) is 2. The van der Waals surface area contributed by atoms with Crippen molar-refractivity contribution in [2.24, 2.45) is 10.8 Å². The minimum Gasteiger partial charge on any atom is -0.489 e. The summed E-state index contributed by atoms with van der Waals surface area (Å²) in [6, 6.07) is 8.90. The summed E-state index contributed by atoms with van der Waals surface area (Å²) < 4.78 is 46.1. The van der Waals surface area contributed by atoms with E-state index >= 15 is 0 Å². The monoisotopic (exact) mass is 358 g/mol. The van der Waals surface area contributed by atoms with Gasteiger partial charge in [-0.25, -0.2) is 0 Å². The molecule has 1 N–H and O–H groups in total. The van der Waals surface area contributed by atoms with Crippen LogP contribution in [0.2, 0.25) is 0 Å². The summed E-state index contributed by atoms with van der Waals surface area (Å²) in [4.78, 5) is -1.85. The summed E-state index contributed by atoms with van der Waals surface area (Å²) >= 11 is 0. The highest BCUT2D eigenvalue weighted by molar-refractivity contribution is 7.87. The molecule has 0 amide bonds.